The van der Waals surface area contributed by atoms with Crippen molar-refractivity contribution in [3.63, 3.8) is 0 Å². The maximum atomic E-state index is 13.9. The molecule has 0 saturated heterocycles. The van der Waals surface area contributed by atoms with Crippen molar-refractivity contribution in [1.29, 1.82) is 0 Å². The van der Waals surface area contributed by atoms with Crippen molar-refractivity contribution in [3.8, 4) is 0 Å². The summed E-state index contributed by atoms with van der Waals surface area (Å²) in [5.74, 6) is -1.74. The molecule has 0 heterocycles. The summed E-state index contributed by atoms with van der Waals surface area (Å²) in [7, 11) is -2.16. The summed E-state index contributed by atoms with van der Waals surface area (Å²) in [6.07, 6.45) is 1.70. The fourth-order valence-corrected chi connectivity index (χ4v) is 6.04. The highest BCUT2D eigenvalue weighted by molar-refractivity contribution is 7.89. The van der Waals surface area contributed by atoms with Crippen LogP contribution in [0.25, 0.3) is 0 Å². The van der Waals surface area contributed by atoms with Gasteiger partial charge in [0.2, 0.25) is 10.0 Å². The Balaban J connectivity index is 1.67. The first-order valence-corrected chi connectivity index (χ1v) is 16.3. The average Bonchev–Trinajstić information content (AvgIpc) is 2.99. The molecule has 234 valence electrons. The maximum Gasteiger partial charge on any atom is 0.251 e. The number of hydrogen-bond donors (Lipinski definition) is 2. The van der Waals surface area contributed by atoms with Gasteiger partial charge in [0.25, 0.3) is 5.91 Å². The van der Waals surface area contributed by atoms with Gasteiger partial charge in [-0.1, -0.05) is 45.0 Å². The molecule has 0 aliphatic rings. The summed E-state index contributed by atoms with van der Waals surface area (Å²) in [4.78, 5) is 15.4. The Hall–Kier alpha value is -3.18. The van der Waals surface area contributed by atoms with Crippen LogP contribution in [-0.2, 0) is 29.4 Å². The van der Waals surface area contributed by atoms with Crippen molar-refractivity contribution in [3.05, 3.63) is 101 Å². The highest BCUT2D eigenvalue weighted by Crippen LogP contribution is 2.17. The maximum absolute atomic E-state index is 13.9. The van der Waals surface area contributed by atoms with Crippen LogP contribution in [0.15, 0.2) is 71.6 Å². The van der Waals surface area contributed by atoms with Gasteiger partial charge in [-0.3, -0.25) is 4.79 Å². The van der Waals surface area contributed by atoms with Gasteiger partial charge in [0, 0.05) is 44.4 Å². The van der Waals surface area contributed by atoms with Gasteiger partial charge >= 0.3 is 0 Å². The normalized spacial score (nSPS) is 12.6. The van der Waals surface area contributed by atoms with Crippen LogP contribution in [0.2, 0.25) is 0 Å². The van der Waals surface area contributed by atoms with Crippen LogP contribution in [0, 0.1) is 11.6 Å². The van der Waals surface area contributed by atoms with Crippen molar-refractivity contribution < 1.29 is 22.0 Å². The van der Waals surface area contributed by atoms with Crippen LogP contribution in [0.4, 0.5) is 8.78 Å². The molecule has 0 radical (unpaired) electrons. The Bertz CT molecular complexity index is 1410. The van der Waals surface area contributed by atoms with E-state index >= 15 is 0 Å². The summed E-state index contributed by atoms with van der Waals surface area (Å²) in [6, 6.07) is 17.1. The number of carbonyl (C=O) groups is 1. The molecule has 0 aromatic heterocycles. The first kappa shape index (κ1) is 34.3. The molecular weight excluding hydrogens is 570 g/mol. The number of likely N-dealkylation sites (N-methyl/N-ethyl adjacent to an activating group) is 2. The predicted octanol–water partition coefficient (Wildman–Crippen LogP) is 5.01. The molecule has 3 aromatic carbocycles. The Morgan fingerprint density at radius 2 is 1.51 bits per heavy atom. The topological polar surface area (TPSA) is 81.7 Å². The van der Waals surface area contributed by atoms with E-state index in [4.69, 9.17) is 0 Å². The third kappa shape index (κ3) is 10.5. The number of halogens is 2. The summed E-state index contributed by atoms with van der Waals surface area (Å²) in [6.45, 7) is 10.1. The molecule has 1 atom stereocenters. The molecule has 0 aliphatic heterocycles. The second-order valence-electron chi connectivity index (χ2n) is 10.7. The molecule has 2 N–H and O–H groups in total. The zero-order valence-electron chi connectivity index (χ0n) is 25.6. The fraction of sp³-hybridized carbons (Fsp3) is 0.424. The third-order valence-electron chi connectivity index (χ3n) is 7.59. The van der Waals surface area contributed by atoms with Gasteiger partial charge < -0.3 is 15.5 Å². The molecule has 0 spiro atoms. The number of hydrogen-bond acceptors (Lipinski definition) is 5. The van der Waals surface area contributed by atoms with Gasteiger partial charge in [-0.2, -0.15) is 4.31 Å². The Kier molecular flexibility index (Phi) is 13.3. The van der Waals surface area contributed by atoms with E-state index in [-0.39, 0.29) is 11.3 Å². The van der Waals surface area contributed by atoms with E-state index < -0.39 is 33.6 Å². The number of amides is 1. The molecule has 0 bridgehead atoms. The van der Waals surface area contributed by atoms with E-state index in [1.807, 2.05) is 26.0 Å². The smallest absolute Gasteiger partial charge is 0.251 e. The van der Waals surface area contributed by atoms with Gasteiger partial charge in [-0.25, -0.2) is 17.2 Å². The molecule has 10 heteroatoms. The van der Waals surface area contributed by atoms with Gasteiger partial charge in [-0.05, 0) is 92.0 Å². The molecule has 43 heavy (non-hydrogen) atoms. The molecule has 7 nitrogen and oxygen atoms in total. The number of rotatable bonds is 17. The van der Waals surface area contributed by atoms with E-state index in [1.165, 1.54) is 46.3 Å². The lowest BCUT2D eigenvalue weighted by atomic mass is 10.0. The lowest BCUT2D eigenvalue weighted by molar-refractivity contribution is 0.0934. The molecule has 1 amide bonds. The molecule has 0 unspecified atom stereocenters. The van der Waals surface area contributed by atoms with Gasteiger partial charge in [0.1, 0.15) is 11.6 Å². The van der Waals surface area contributed by atoms with Gasteiger partial charge in [0.15, 0.2) is 0 Å². The van der Waals surface area contributed by atoms with Crippen molar-refractivity contribution in [2.24, 2.45) is 0 Å². The van der Waals surface area contributed by atoms with E-state index in [0.29, 0.717) is 43.7 Å². The third-order valence-corrected chi connectivity index (χ3v) is 9.46. The largest absolute Gasteiger partial charge is 0.349 e. The number of aryl methyl sites for hydroxylation is 1. The van der Waals surface area contributed by atoms with E-state index in [9.17, 15) is 22.0 Å². The van der Waals surface area contributed by atoms with Crippen molar-refractivity contribution in [2.75, 3.05) is 39.8 Å². The molecule has 3 rings (SSSR count). The highest BCUT2D eigenvalue weighted by Gasteiger charge is 2.22. The molecule has 0 aliphatic carbocycles. The van der Waals surface area contributed by atoms with Gasteiger partial charge in [-0.15, -0.1) is 0 Å². The van der Waals surface area contributed by atoms with Crippen molar-refractivity contribution >= 4 is 15.9 Å². The van der Waals surface area contributed by atoms with Crippen LogP contribution in [0.5, 0.6) is 0 Å². The first-order chi connectivity index (χ1) is 20.5. The summed E-state index contributed by atoms with van der Waals surface area (Å²) >= 11 is 0. The SMILES string of the molecule is CCc1cccc(CNCC[C@H](Cc2cc(F)cc(F)c2)NC(=O)c2ccc(S(=O)(=O)N(C)CCN(CC)CC)cc2)c1. The summed E-state index contributed by atoms with van der Waals surface area (Å²) in [5, 5.41) is 6.37. The quantitative estimate of drug-likeness (QED) is 0.209. The number of nitrogens with one attached hydrogen (secondary N) is 2. The van der Waals surface area contributed by atoms with Crippen LogP contribution < -0.4 is 10.6 Å². The summed E-state index contributed by atoms with van der Waals surface area (Å²) in [5.41, 5.74) is 3.14. The highest BCUT2D eigenvalue weighted by atomic mass is 32.2. The second kappa shape index (κ2) is 16.6. The average molecular weight is 615 g/mol. The minimum Gasteiger partial charge on any atom is -0.349 e. The minimum absolute atomic E-state index is 0.106. The predicted molar refractivity (Wildman–Crippen MR) is 168 cm³/mol. The number of carbonyl (C=O) groups excluding carboxylic acids is 1. The first-order valence-electron chi connectivity index (χ1n) is 14.9. The second-order valence-corrected chi connectivity index (χ2v) is 12.7. The monoisotopic (exact) mass is 614 g/mol. The molecule has 0 saturated carbocycles. The lowest BCUT2D eigenvalue weighted by Crippen LogP contribution is -2.38. The molecular formula is C33H44F2N4O3S. The zero-order valence-corrected chi connectivity index (χ0v) is 26.4. The lowest BCUT2D eigenvalue weighted by Gasteiger charge is -2.23. The van der Waals surface area contributed by atoms with Crippen LogP contribution in [0.3, 0.4) is 0 Å². The Morgan fingerprint density at radius 1 is 0.860 bits per heavy atom. The van der Waals surface area contributed by atoms with Crippen molar-refractivity contribution in [2.45, 2.75) is 57.5 Å². The van der Waals surface area contributed by atoms with Crippen LogP contribution in [-0.4, -0.2) is 69.3 Å². The number of sulfonamides is 1. The molecule has 0 fully saturated rings. The number of benzene rings is 3. The fourth-order valence-electron chi connectivity index (χ4n) is 4.88. The van der Waals surface area contributed by atoms with E-state index in [0.717, 1.165) is 31.1 Å². The summed E-state index contributed by atoms with van der Waals surface area (Å²) < 4.78 is 55.2. The molecule has 3 aromatic rings. The van der Waals surface area contributed by atoms with Gasteiger partial charge in [0.05, 0.1) is 4.90 Å². The zero-order chi connectivity index (χ0) is 31.4. The minimum atomic E-state index is -3.71. The Morgan fingerprint density at radius 3 is 2.14 bits per heavy atom. The Labute approximate surface area is 255 Å². The standard InChI is InChI=1S/C33H44F2N4O3S/c1-5-25-9-8-10-26(19-25)24-36-16-15-31(22-27-20-29(34)23-30(35)21-27)37-33(40)28-11-13-32(14-12-28)43(41,42)38(4)17-18-39(6-2)7-3/h8-14,19-21,23,31,36H,5-7,15-18,22,24H2,1-4H3,(H,37,40)/t31-/m1/s1. The van der Waals surface area contributed by atoms with E-state index in [2.05, 4.69) is 34.6 Å². The number of nitrogens with zero attached hydrogens (tertiary/aromatic N) is 2. The van der Waals surface area contributed by atoms with E-state index in [1.54, 1.807) is 7.05 Å². The van der Waals surface area contributed by atoms with Crippen LogP contribution in [0.1, 0.15) is 54.2 Å². The van der Waals surface area contributed by atoms with Crippen LogP contribution >= 0.6 is 0 Å². The van der Waals surface area contributed by atoms with Crippen molar-refractivity contribution in [1.82, 2.24) is 19.8 Å².